The summed E-state index contributed by atoms with van der Waals surface area (Å²) < 4.78 is 27.3. The summed E-state index contributed by atoms with van der Waals surface area (Å²) in [7, 11) is 0. The number of fused-ring (bicyclic) bond motifs is 1. The van der Waals surface area contributed by atoms with Gasteiger partial charge in [0.25, 0.3) is 0 Å². The maximum atomic E-state index is 13.7. The second-order valence-corrected chi connectivity index (χ2v) is 5.30. The summed E-state index contributed by atoms with van der Waals surface area (Å²) in [5.74, 6) is -0.209. The molecule has 18 heavy (non-hydrogen) atoms. The minimum atomic E-state index is -0.428. The molecule has 0 aliphatic carbocycles. The summed E-state index contributed by atoms with van der Waals surface area (Å²) in [5.41, 5.74) is 0.213. The molecule has 0 saturated carbocycles. The number of benzene rings is 1. The summed E-state index contributed by atoms with van der Waals surface area (Å²) in [6, 6.07) is 4.54. The topological polar surface area (TPSA) is 15.3 Å². The quantitative estimate of drug-likeness (QED) is 0.867. The molecule has 2 heterocycles. The fraction of sp³-hybridized carbons (Fsp3) is 0.571. The second kappa shape index (κ2) is 4.94. The molecule has 2 aliphatic heterocycles. The molecule has 0 bridgehead atoms. The van der Waals surface area contributed by atoms with Crippen LogP contribution in [0.15, 0.2) is 18.2 Å². The van der Waals surface area contributed by atoms with Gasteiger partial charge in [-0.2, -0.15) is 0 Å². The molecule has 1 aromatic rings. The van der Waals surface area contributed by atoms with Gasteiger partial charge >= 0.3 is 0 Å². The fourth-order valence-electron chi connectivity index (χ4n) is 3.25. The monoisotopic (exact) mass is 252 g/mol. The smallest absolute Gasteiger partial charge is 0.130 e. The molecule has 0 radical (unpaired) electrons. The van der Waals surface area contributed by atoms with Crippen molar-refractivity contribution in [1.29, 1.82) is 0 Å². The number of piperidine rings is 1. The van der Waals surface area contributed by atoms with Crippen LogP contribution < -0.4 is 5.32 Å². The van der Waals surface area contributed by atoms with E-state index in [2.05, 4.69) is 10.2 Å². The molecule has 2 aliphatic rings. The minimum Gasteiger partial charge on any atom is -0.315 e. The average molecular weight is 252 g/mol. The van der Waals surface area contributed by atoms with Gasteiger partial charge in [0.2, 0.25) is 0 Å². The van der Waals surface area contributed by atoms with E-state index in [1.54, 1.807) is 0 Å². The molecule has 0 spiro atoms. The summed E-state index contributed by atoms with van der Waals surface area (Å²) in [6.45, 7) is 3.32. The van der Waals surface area contributed by atoms with E-state index in [0.717, 1.165) is 26.1 Å². The Bertz CT molecular complexity index is 416. The van der Waals surface area contributed by atoms with Crippen LogP contribution in [0.25, 0.3) is 0 Å². The van der Waals surface area contributed by atoms with E-state index in [9.17, 15) is 8.78 Å². The van der Waals surface area contributed by atoms with Crippen molar-refractivity contribution in [3.05, 3.63) is 35.4 Å². The molecule has 1 aromatic carbocycles. The summed E-state index contributed by atoms with van der Waals surface area (Å²) >= 11 is 0. The molecule has 2 nitrogen and oxygen atoms in total. The van der Waals surface area contributed by atoms with Gasteiger partial charge in [-0.1, -0.05) is 6.07 Å². The molecule has 2 unspecified atom stereocenters. The molecule has 2 saturated heterocycles. The molecular formula is C14H18F2N2. The Morgan fingerprint density at radius 3 is 2.78 bits per heavy atom. The molecule has 2 fully saturated rings. The number of likely N-dealkylation sites (tertiary alicyclic amines) is 1. The SMILES string of the molecule is Fc1cccc(F)c1CN1CCCC2CNCC21. The van der Waals surface area contributed by atoms with Crippen LogP contribution in [0.1, 0.15) is 18.4 Å². The molecule has 2 atom stereocenters. The second-order valence-electron chi connectivity index (χ2n) is 5.30. The van der Waals surface area contributed by atoms with Crippen LogP contribution >= 0.6 is 0 Å². The van der Waals surface area contributed by atoms with Gasteiger partial charge in [0.05, 0.1) is 0 Å². The van der Waals surface area contributed by atoms with E-state index in [-0.39, 0.29) is 5.56 Å². The van der Waals surface area contributed by atoms with Crippen molar-refractivity contribution in [1.82, 2.24) is 10.2 Å². The highest BCUT2D eigenvalue weighted by Crippen LogP contribution is 2.28. The van der Waals surface area contributed by atoms with Crippen LogP contribution in [0.2, 0.25) is 0 Å². The van der Waals surface area contributed by atoms with Crippen molar-refractivity contribution in [2.45, 2.75) is 25.4 Å². The summed E-state index contributed by atoms with van der Waals surface area (Å²) in [5, 5.41) is 3.38. The van der Waals surface area contributed by atoms with Crippen molar-refractivity contribution in [3.8, 4) is 0 Å². The zero-order valence-corrected chi connectivity index (χ0v) is 10.3. The fourth-order valence-corrected chi connectivity index (χ4v) is 3.25. The van der Waals surface area contributed by atoms with Crippen LogP contribution in [-0.2, 0) is 6.54 Å². The van der Waals surface area contributed by atoms with Gasteiger partial charge in [-0.05, 0) is 44.0 Å². The number of hydrogen-bond donors (Lipinski definition) is 1. The first-order valence-corrected chi connectivity index (χ1v) is 6.63. The van der Waals surface area contributed by atoms with Gasteiger partial charge in [0.15, 0.2) is 0 Å². The van der Waals surface area contributed by atoms with Crippen LogP contribution in [0.5, 0.6) is 0 Å². The van der Waals surface area contributed by atoms with E-state index in [4.69, 9.17) is 0 Å². The standard InChI is InChI=1S/C14H18F2N2/c15-12-4-1-5-13(16)11(12)9-18-6-2-3-10-7-17-8-14(10)18/h1,4-5,10,14,17H,2-3,6-9H2. The first-order valence-electron chi connectivity index (χ1n) is 6.63. The lowest BCUT2D eigenvalue weighted by molar-refractivity contribution is 0.115. The Morgan fingerprint density at radius 2 is 2.00 bits per heavy atom. The normalized spacial score (nSPS) is 28.3. The Kier molecular flexibility index (Phi) is 3.31. The number of rotatable bonds is 2. The lowest BCUT2D eigenvalue weighted by Gasteiger charge is -2.37. The highest BCUT2D eigenvalue weighted by Gasteiger charge is 2.35. The Hall–Kier alpha value is -1.00. The third-order valence-corrected chi connectivity index (χ3v) is 4.22. The minimum absolute atomic E-state index is 0.213. The zero-order valence-electron chi connectivity index (χ0n) is 10.3. The molecule has 0 amide bonds. The first kappa shape index (κ1) is 12.1. The van der Waals surface area contributed by atoms with Gasteiger partial charge in [-0.3, -0.25) is 4.90 Å². The maximum absolute atomic E-state index is 13.7. The van der Waals surface area contributed by atoms with Gasteiger partial charge in [0.1, 0.15) is 11.6 Å². The average Bonchev–Trinajstić information content (AvgIpc) is 2.83. The maximum Gasteiger partial charge on any atom is 0.130 e. The highest BCUT2D eigenvalue weighted by atomic mass is 19.1. The number of hydrogen-bond acceptors (Lipinski definition) is 2. The largest absolute Gasteiger partial charge is 0.315 e. The number of nitrogens with one attached hydrogen (secondary N) is 1. The molecule has 3 rings (SSSR count). The lowest BCUT2D eigenvalue weighted by Crippen LogP contribution is -2.44. The van der Waals surface area contributed by atoms with E-state index in [1.165, 1.54) is 24.6 Å². The third-order valence-electron chi connectivity index (χ3n) is 4.22. The predicted molar refractivity (Wildman–Crippen MR) is 66.1 cm³/mol. The Morgan fingerprint density at radius 1 is 1.22 bits per heavy atom. The molecular weight excluding hydrogens is 234 g/mol. The van der Waals surface area contributed by atoms with Crippen molar-refractivity contribution < 1.29 is 8.78 Å². The van der Waals surface area contributed by atoms with Gasteiger partial charge in [0, 0.05) is 24.7 Å². The van der Waals surface area contributed by atoms with Gasteiger partial charge in [-0.25, -0.2) is 8.78 Å². The Labute approximate surface area is 106 Å². The predicted octanol–water partition coefficient (Wildman–Crippen LogP) is 2.15. The summed E-state index contributed by atoms with van der Waals surface area (Å²) in [6.07, 6.45) is 2.35. The van der Waals surface area contributed by atoms with Gasteiger partial charge < -0.3 is 5.32 Å². The molecule has 4 heteroatoms. The number of nitrogens with zero attached hydrogens (tertiary/aromatic N) is 1. The summed E-state index contributed by atoms with van der Waals surface area (Å²) in [4.78, 5) is 2.23. The van der Waals surface area contributed by atoms with Crippen molar-refractivity contribution >= 4 is 0 Å². The van der Waals surface area contributed by atoms with Crippen LogP contribution in [-0.4, -0.2) is 30.6 Å². The first-order chi connectivity index (χ1) is 8.75. The third kappa shape index (κ3) is 2.15. The van der Waals surface area contributed by atoms with Gasteiger partial charge in [-0.15, -0.1) is 0 Å². The van der Waals surface area contributed by atoms with Crippen molar-refractivity contribution in [3.63, 3.8) is 0 Å². The molecule has 0 aromatic heterocycles. The van der Waals surface area contributed by atoms with E-state index >= 15 is 0 Å². The zero-order chi connectivity index (χ0) is 12.5. The lowest BCUT2D eigenvalue weighted by atomic mass is 9.91. The molecule has 98 valence electrons. The van der Waals surface area contributed by atoms with Crippen LogP contribution in [0, 0.1) is 17.6 Å². The Balaban J connectivity index is 1.79. The van der Waals surface area contributed by atoms with Crippen molar-refractivity contribution in [2.75, 3.05) is 19.6 Å². The van der Waals surface area contributed by atoms with Crippen LogP contribution in [0.3, 0.4) is 0 Å². The number of halogens is 2. The molecule has 1 N–H and O–H groups in total. The van der Waals surface area contributed by atoms with Crippen LogP contribution in [0.4, 0.5) is 8.78 Å². The highest BCUT2D eigenvalue weighted by molar-refractivity contribution is 5.20. The van der Waals surface area contributed by atoms with E-state index < -0.39 is 11.6 Å². The van der Waals surface area contributed by atoms with E-state index in [1.807, 2.05) is 0 Å². The van der Waals surface area contributed by atoms with Crippen molar-refractivity contribution in [2.24, 2.45) is 5.92 Å². The van der Waals surface area contributed by atoms with E-state index in [0.29, 0.717) is 18.5 Å².